The first-order valence-electron chi connectivity index (χ1n) is 10.2. The quantitative estimate of drug-likeness (QED) is 0.554. The zero-order valence-corrected chi connectivity index (χ0v) is 19.2. The number of ether oxygens (including phenoxy) is 1. The van der Waals surface area contributed by atoms with Crippen LogP contribution >= 0.6 is 11.8 Å². The molecule has 0 aromatic carbocycles. The monoisotopic (exact) mass is 454 g/mol. The molecule has 1 unspecified atom stereocenters. The smallest absolute Gasteiger partial charge is 0.309 e. The maximum absolute atomic E-state index is 12.5. The average molecular weight is 455 g/mol. The van der Waals surface area contributed by atoms with Crippen LogP contribution < -0.4 is 5.32 Å². The number of nitrogens with one attached hydrogen (secondary N) is 1. The molecule has 1 aromatic rings. The summed E-state index contributed by atoms with van der Waals surface area (Å²) in [6.07, 6.45) is 1.13. The van der Waals surface area contributed by atoms with E-state index in [4.69, 9.17) is 9.26 Å². The summed E-state index contributed by atoms with van der Waals surface area (Å²) in [6, 6.07) is 1.61. The van der Waals surface area contributed by atoms with Gasteiger partial charge < -0.3 is 24.4 Å². The molecule has 0 saturated carbocycles. The third-order valence-electron chi connectivity index (χ3n) is 4.97. The minimum atomic E-state index is -0.480. The maximum atomic E-state index is 12.5. The largest absolute Gasteiger partial charge is 0.466 e. The molecule has 31 heavy (non-hydrogen) atoms. The minimum Gasteiger partial charge on any atom is -0.466 e. The summed E-state index contributed by atoms with van der Waals surface area (Å²) < 4.78 is 9.94. The lowest BCUT2D eigenvalue weighted by Crippen LogP contribution is -2.46. The number of nitrogens with zero attached hydrogens (tertiary/aromatic N) is 3. The van der Waals surface area contributed by atoms with Crippen molar-refractivity contribution in [2.45, 2.75) is 38.9 Å². The number of hydrogen-bond acceptors (Lipinski definition) is 8. The molecule has 1 atom stereocenters. The van der Waals surface area contributed by atoms with Gasteiger partial charge in [0.25, 0.3) is 0 Å². The molecule has 1 aliphatic heterocycles. The number of likely N-dealkylation sites (tertiary alicyclic amines) is 1. The fourth-order valence-corrected chi connectivity index (χ4v) is 3.87. The summed E-state index contributed by atoms with van der Waals surface area (Å²) in [6.45, 7) is 6.44. The lowest BCUT2D eigenvalue weighted by atomic mass is 9.97. The van der Waals surface area contributed by atoms with Gasteiger partial charge in [0.1, 0.15) is 5.76 Å². The van der Waals surface area contributed by atoms with Crippen LogP contribution in [0.4, 0.5) is 5.82 Å². The highest BCUT2D eigenvalue weighted by molar-refractivity contribution is 8.01. The van der Waals surface area contributed by atoms with Crippen molar-refractivity contribution < 1.29 is 28.4 Å². The zero-order chi connectivity index (χ0) is 23.0. The van der Waals surface area contributed by atoms with Crippen LogP contribution in [0.1, 0.15) is 32.4 Å². The molecule has 1 aromatic heterocycles. The Kier molecular flexibility index (Phi) is 9.35. The second-order valence-corrected chi connectivity index (χ2v) is 8.75. The van der Waals surface area contributed by atoms with Gasteiger partial charge >= 0.3 is 5.97 Å². The number of anilines is 1. The van der Waals surface area contributed by atoms with Gasteiger partial charge in [-0.2, -0.15) is 0 Å². The molecule has 1 N–H and O–H groups in total. The fraction of sp³-hybridized carbons (Fsp3) is 0.650. The van der Waals surface area contributed by atoms with Gasteiger partial charge in [0.2, 0.25) is 17.7 Å². The predicted octanol–water partition coefficient (Wildman–Crippen LogP) is 1.30. The van der Waals surface area contributed by atoms with Crippen molar-refractivity contribution in [1.82, 2.24) is 15.0 Å². The number of aromatic nitrogens is 1. The van der Waals surface area contributed by atoms with Crippen LogP contribution in [0.3, 0.4) is 0 Å². The maximum Gasteiger partial charge on any atom is 0.309 e. The van der Waals surface area contributed by atoms with Crippen molar-refractivity contribution in [2.75, 3.05) is 44.4 Å². The Balaban J connectivity index is 1.71. The Morgan fingerprint density at radius 3 is 2.61 bits per heavy atom. The van der Waals surface area contributed by atoms with E-state index in [1.54, 1.807) is 38.8 Å². The number of piperidine rings is 1. The summed E-state index contributed by atoms with van der Waals surface area (Å²) >= 11 is 1.18. The Labute approximate surface area is 186 Å². The van der Waals surface area contributed by atoms with E-state index in [-0.39, 0.29) is 41.9 Å². The highest BCUT2D eigenvalue weighted by atomic mass is 32.2. The van der Waals surface area contributed by atoms with Crippen LogP contribution in [0.5, 0.6) is 0 Å². The van der Waals surface area contributed by atoms with Crippen molar-refractivity contribution >= 4 is 41.3 Å². The molecule has 0 radical (unpaired) electrons. The third-order valence-corrected chi connectivity index (χ3v) is 6.10. The van der Waals surface area contributed by atoms with E-state index in [1.165, 1.54) is 16.7 Å². The first-order chi connectivity index (χ1) is 14.7. The summed E-state index contributed by atoms with van der Waals surface area (Å²) in [4.78, 5) is 51.9. The molecule has 1 saturated heterocycles. The summed E-state index contributed by atoms with van der Waals surface area (Å²) in [5.74, 6) is -0.0789. The molecule has 2 heterocycles. The number of hydrogen-bond donors (Lipinski definition) is 1. The summed E-state index contributed by atoms with van der Waals surface area (Å²) in [5.41, 5.74) is 0. The molecular formula is C20H30N4O6S. The van der Waals surface area contributed by atoms with E-state index in [9.17, 15) is 19.2 Å². The molecule has 2 rings (SSSR count). The van der Waals surface area contributed by atoms with Gasteiger partial charge in [0, 0.05) is 26.2 Å². The van der Waals surface area contributed by atoms with Gasteiger partial charge in [0.15, 0.2) is 5.82 Å². The lowest BCUT2D eigenvalue weighted by molar-refractivity contribution is -0.151. The summed E-state index contributed by atoms with van der Waals surface area (Å²) in [7, 11) is 1.56. The molecular weight excluding hydrogens is 424 g/mol. The second kappa shape index (κ2) is 11.7. The molecule has 0 spiro atoms. The highest BCUT2D eigenvalue weighted by Crippen LogP contribution is 2.19. The van der Waals surface area contributed by atoms with E-state index in [0.717, 1.165) is 0 Å². The van der Waals surface area contributed by atoms with Crippen molar-refractivity contribution in [3.63, 3.8) is 0 Å². The molecule has 0 bridgehead atoms. The van der Waals surface area contributed by atoms with Crippen molar-refractivity contribution in [3.05, 3.63) is 11.8 Å². The normalized spacial score (nSPS) is 15.3. The van der Waals surface area contributed by atoms with Gasteiger partial charge in [-0.15, -0.1) is 11.8 Å². The lowest BCUT2D eigenvalue weighted by Gasteiger charge is -2.32. The van der Waals surface area contributed by atoms with Crippen LogP contribution in [0.15, 0.2) is 10.6 Å². The number of aryl methyl sites for hydroxylation is 1. The van der Waals surface area contributed by atoms with Crippen molar-refractivity contribution in [3.8, 4) is 0 Å². The second-order valence-electron chi connectivity index (χ2n) is 7.42. The first kappa shape index (κ1) is 24.7. The molecule has 11 heteroatoms. The number of thioether (sulfide) groups is 1. The Morgan fingerprint density at radius 2 is 2.03 bits per heavy atom. The van der Waals surface area contributed by atoms with E-state index in [1.807, 2.05) is 0 Å². The highest BCUT2D eigenvalue weighted by Gasteiger charge is 2.29. The van der Waals surface area contributed by atoms with Gasteiger partial charge in [-0.1, -0.05) is 5.16 Å². The van der Waals surface area contributed by atoms with Gasteiger partial charge in [-0.25, -0.2) is 0 Å². The average Bonchev–Trinajstić information content (AvgIpc) is 3.16. The van der Waals surface area contributed by atoms with Crippen molar-refractivity contribution in [1.29, 1.82) is 0 Å². The first-order valence-corrected chi connectivity index (χ1v) is 11.3. The molecule has 1 fully saturated rings. The number of esters is 1. The molecule has 3 amide bonds. The SMILES string of the molecule is CCOC(=O)C1CCN(C(=O)CN(C)C(=O)CSC(C)C(=O)Nc2cc(C)on2)CC1. The number of rotatable bonds is 9. The molecule has 0 aliphatic carbocycles. The Hall–Kier alpha value is -2.56. The topological polar surface area (TPSA) is 122 Å². The standard InChI is InChI=1S/C20H30N4O6S/c1-5-29-20(28)15-6-8-24(9-7-15)17(25)11-23(4)18(26)12-31-14(3)19(27)21-16-10-13(2)30-22-16/h10,14-15H,5-9,11-12H2,1-4H3,(H,21,22,27). The molecule has 172 valence electrons. The Bertz CT molecular complexity index is 790. The molecule has 10 nitrogen and oxygen atoms in total. The third kappa shape index (κ3) is 7.57. The predicted molar refractivity (Wildman–Crippen MR) is 115 cm³/mol. The number of likely N-dealkylation sites (N-methyl/N-ethyl adjacent to an activating group) is 1. The number of carbonyl (C=O) groups is 4. The van der Waals surface area contributed by atoms with E-state index >= 15 is 0 Å². The van der Waals surface area contributed by atoms with Crippen LogP contribution in [0.2, 0.25) is 0 Å². The van der Waals surface area contributed by atoms with E-state index in [2.05, 4.69) is 10.5 Å². The van der Waals surface area contributed by atoms with Crippen LogP contribution in [0, 0.1) is 12.8 Å². The van der Waals surface area contributed by atoms with Gasteiger partial charge in [-0.05, 0) is 33.6 Å². The van der Waals surface area contributed by atoms with Crippen molar-refractivity contribution in [2.24, 2.45) is 5.92 Å². The Morgan fingerprint density at radius 1 is 1.35 bits per heavy atom. The fourth-order valence-electron chi connectivity index (χ4n) is 3.05. The molecule has 1 aliphatic rings. The zero-order valence-electron chi connectivity index (χ0n) is 18.4. The van der Waals surface area contributed by atoms with Gasteiger partial charge in [0.05, 0.1) is 30.1 Å². The van der Waals surface area contributed by atoms with E-state index in [0.29, 0.717) is 44.1 Å². The number of carbonyl (C=O) groups excluding carboxylic acids is 4. The van der Waals surface area contributed by atoms with Crippen LogP contribution in [-0.2, 0) is 23.9 Å². The van der Waals surface area contributed by atoms with E-state index < -0.39 is 5.25 Å². The minimum absolute atomic E-state index is 0.0394. The van der Waals surface area contributed by atoms with Crippen LogP contribution in [0.25, 0.3) is 0 Å². The van der Waals surface area contributed by atoms with Gasteiger partial charge in [-0.3, -0.25) is 19.2 Å². The number of amides is 3. The van der Waals surface area contributed by atoms with Crippen LogP contribution in [-0.4, -0.2) is 82.9 Å². The summed E-state index contributed by atoms with van der Waals surface area (Å²) in [5, 5.41) is 5.85.